The molecule has 1 fully saturated rings. The summed E-state index contributed by atoms with van der Waals surface area (Å²) >= 11 is 6.61. The van der Waals surface area contributed by atoms with Gasteiger partial charge in [0.1, 0.15) is 5.75 Å². The minimum atomic E-state index is 0.282. The van der Waals surface area contributed by atoms with Crippen LogP contribution in [-0.2, 0) is 6.42 Å². The molecule has 0 saturated heterocycles. The summed E-state index contributed by atoms with van der Waals surface area (Å²) < 4.78 is 5.94. The molecule has 2 aliphatic rings. The van der Waals surface area contributed by atoms with E-state index >= 15 is 0 Å². The number of para-hydroxylation sites is 1. The lowest BCUT2D eigenvalue weighted by atomic mass is 9.88. The van der Waals surface area contributed by atoms with Crippen molar-refractivity contribution in [2.45, 2.75) is 56.2 Å². The molecule has 98 valence electrons. The zero-order chi connectivity index (χ0) is 12.4. The van der Waals surface area contributed by atoms with E-state index in [1.807, 2.05) is 0 Å². The molecule has 0 amide bonds. The first-order valence-corrected chi connectivity index (χ1v) is 7.68. The van der Waals surface area contributed by atoms with Gasteiger partial charge in [-0.3, -0.25) is 0 Å². The minimum Gasteiger partial charge on any atom is -0.493 e. The molecule has 0 aromatic heterocycles. The fourth-order valence-corrected chi connectivity index (χ4v) is 3.74. The van der Waals surface area contributed by atoms with Crippen molar-refractivity contribution in [3.63, 3.8) is 0 Å². The Kier molecular flexibility index (Phi) is 3.79. The molecule has 2 unspecified atom stereocenters. The van der Waals surface area contributed by atoms with Gasteiger partial charge in [0.15, 0.2) is 0 Å². The number of fused-ring (bicyclic) bond motifs is 1. The van der Waals surface area contributed by atoms with Crippen LogP contribution in [0.3, 0.4) is 0 Å². The van der Waals surface area contributed by atoms with Crippen LogP contribution >= 0.6 is 11.6 Å². The van der Waals surface area contributed by atoms with Crippen LogP contribution < -0.4 is 4.74 Å². The van der Waals surface area contributed by atoms with Gasteiger partial charge in [-0.15, -0.1) is 11.6 Å². The van der Waals surface area contributed by atoms with Crippen LogP contribution in [0.2, 0.25) is 0 Å². The fourth-order valence-electron chi connectivity index (χ4n) is 3.32. The highest BCUT2D eigenvalue weighted by Crippen LogP contribution is 2.41. The molecule has 0 radical (unpaired) electrons. The summed E-state index contributed by atoms with van der Waals surface area (Å²) in [6.45, 7) is 0.865. The Bertz CT molecular complexity index is 416. The molecule has 0 N–H and O–H groups in total. The average Bonchev–Trinajstić information content (AvgIpc) is 2.63. The molecular weight excluding hydrogens is 244 g/mol. The number of hydrogen-bond acceptors (Lipinski definition) is 1. The first kappa shape index (κ1) is 12.3. The van der Waals surface area contributed by atoms with Gasteiger partial charge in [0.2, 0.25) is 0 Å². The predicted molar refractivity (Wildman–Crippen MR) is 75.7 cm³/mol. The third kappa shape index (κ3) is 2.38. The van der Waals surface area contributed by atoms with Crippen LogP contribution in [0.25, 0.3) is 0 Å². The van der Waals surface area contributed by atoms with Crippen molar-refractivity contribution < 1.29 is 4.74 Å². The second-order valence-electron chi connectivity index (χ2n) is 5.55. The van der Waals surface area contributed by atoms with Gasteiger partial charge in [-0.2, -0.15) is 0 Å². The topological polar surface area (TPSA) is 9.23 Å². The van der Waals surface area contributed by atoms with Crippen molar-refractivity contribution in [3.8, 4) is 5.75 Å². The number of hydrogen-bond donors (Lipinski definition) is 0. The molecule has 1 aromatic carbocycles. The van der Waals surface area contributed by atoms with E-state index < -0.39 is 0 Å². The maximum Gasteiger partial charge on any atom is 0.125 e. The summed E-state index contributed by atoms with van der Waals surface area (Å²) in [6.07, 6.45) is 8.58. The van der Waals surface area contributed by atoms with E-state index in [9.17, 15) is 0 Å². The molecule has 2 heteroatoms. The van der Waals surface area contributed by atoms with E-state index in [1.54, 1.807) is 0 Å². The monoisotopic (exact) mass is 264 g/mol. The quantitative estimate of drug-likeness (QED) is 0.529. The lowest BCUT2D eigenvalue weighted by molar-refractivity contribution is 0.282. The lowest BCUT2D eigenvalue weighted by Crippen LogP contribution is -2.16. The Morgan fingerprint density at radius 1 is 1.06 bits per heavy atom. The zero-order valence-electron chi connectivity index (χ0n) is 10.8. The van der Waals surface area contributed by atoms with E-state index in [2.05, 4.69) is 18.2 Å². The molecular formula is C16H21ClO. The lowest BCUT2D eigenvalue weighted by Gasteiger charge is -2.26. The Balaban J connectivity index is 1.94. The molecule has 0 bridgehead atoms. The Morgan fingerprint density at radius 2 is 1.94 bits per heavy atom. The van der Waals surface area contributed by atoms with Gasteiger partial charge >= 0.3 is 0 Å². The van der Waals surface area contributed by atoms with E-state index in [4.69, 9.17) is 16.3 Å². The molecule has 1 heterocycles. The van der Waals surface area contributed by atoms with Crippen molar-refractivity contribution >= 4 is 11.6 Å². The molecule has 1 aliphatic carbocycles. The van der Waals surface area contributed by atoms with E-state index in [0.29, 0.717) is 5.92 Å². The molecule has 2 atom stereocenters. The third-order valence-corrected chi connectivity index (χ3v) is 4.82. The summed E-state index contributed by atoms with van der Waals surface area (Å²) in [4.78, 5) is 0. The molecule has 18 heavy (non-hydrogen) atoms. The summed E-state index contributed by atoms with van der Waals surface area (Å²) in [5.74, 6) is 1.64. The van der Waals surface area contributed by atoms with Gasteiger partial charge in [-0.1, -0.05) is 37.5 Å². The predicted octanol–water partition coefficient (Wildman–Crippen LogP) is 4.67. The molecule has 1 saturated carbocycles. The highest BCUT2D eigenvalue weighted by atomic mass is 35.5. The van der Waals surface area contributed by atoms with Gasteiger partial charge in [-0.05, 0) is 36.8 Å². The van der Waals surface area contributed by atoms with E-state index in [1.165, 1.54) is 36.8 Å². The SMILES string of the molecule is ClC1CCCCCC1c1cccc2c1OCCC2. The van der Waals surface area contributed by atoms with Gasteiger partial charge in [0, 0.05) is 11.3 Å². The summed E-state index contributed by atoms with van der Waals surface area (Å²) in [7, 11) is 0. The highest BCUT2D eigenvalue weighted by Gasteiger charge is 2.27. The number of halogens is 1. The van der Waals surface area contributed by atoms with E-state index in [-0.39, 0.29) is 5.38 Å². The first-order valence-electron chi connectivity index (χ1n) is 7.25. The first-order chi connectivity index (χ1) is 8.86. The summed E-state index contributed by atoms with van der Waals surface area (Å²) in [5, 5.41) is 0.282. The van der Waals surface area contributed by atoms with Crippen molar-refractivity contribution in [2.75, 3.05) is 6.61 Å². The van der Waals surface area contributed by atoms with E-state index in [0.717, 1.165) is 31.6 Å². The second kappa shape index (κ2) is 5.52. The fraction of sp³-hybridized carbons (Fsp3) is 0.625. The van der Waals surface area contributed by atoms with Gasteiger partial charge in [0.25, 0.3) is 0 Å². The van der Waals surface area contributed by atoms with Crippen LogP contribution in [0.1, 0.15) is 55.6 Å². The Hall–Kier alpha value is -0.690. The number of rotatable bonds is 1. The van der Waals surface area contributed by atoms with Crippen molar-refractivity contribution in [1.82, 2.24) is 0 Å². The van der Waals surface area contributed by atoms with Crippen molar-refractivity contribution in [2.24, 2.45) is 0 Å². The van der Waals surface area contributed by atoms with Crippen LogP contribution in [0.4, 0.5) is 0 Å². The van der Waals surface area contributed by atoms with Crippen LogP contribution in [0.5, 0.6) is 5.75 Å². The maximum atomic E-state index is 6.61. The Labute approximate surface area is 114 Å². The molecule has 0 spiro atoms. The van der Waals surface area contributed by atoms with Gasteiger partial charge in [0.05, 0.1) is 6.61 Å². The average molecular weight is 265 g/mol. The molecule has 1 aliphatic heterocycles. The van der Waals surface area contributed by atoms with Gasteiger partial charge < -0.3 is 4.74 Å². The van der Waals surface area contributed by atoms with Crippen LogP contribution in [-0.4, -0.2) is 12.0 Å². The zero-order valence-corrected chi connectivity index (χ0v) is 11.6. The number of ether oxygens (including phenoxy) is 1. The smallest absolute Gasteiger partial charge is 0.125 e. The number of benzene rings is 1. The molecule has 1 nitrogen and oxygen atoms in total. The molecule has 1 aromatic rings. The summed E-state index contributed by atoms with van der Waals surface area (Å²) in [5.41, 5.74) is 2.75. The maximum absolute atomic E-state index is 6.61. The minimum absolute atomic E-state index is 0.282. The van der Waals surface area contributed by atoms with Crippen LogP contribution in [0.15, 0.2) is 18.2 Å². The number of aryl methyl sites for hydroxylation is 1. The van der Waals surface area contributed by atoms with Crippen LogP contribution in [0, 0.1) is 0 Å². The second-order valence-corrected chi connectivity index (χ2v) is 6.11. The highest BCUT2D eigenvalue weighted by molar-refractivity contribution is 6.21. The number of alkyl halides is 1. The Morgan fingerprint density at radius 3 is 2.89 bits per heavy atom. The van der Waals surface area contributed by atoms with Crippen molar-refractivity contribution in [1.29, 1.82) is 0 Å². The normalized spacial score (nSPS) is 28.1. The van der Waals surface area contributed by atoms with Gasteiger partial charge in [-0.25, -0.2) is 0 Å². The van der Waals surface area contributed by atoms with Crippen molar-refractivity contribution in [3.05, 3.63) is 29.3 Å². The largest absolute Gasteiger partial charge is 0.493 e. The molecule has 3 rings (SSSR count). The third-order valence-electron chi connectivity index (χ3n) is 4.29. The standard InChI is InChI=1S/C16H21ClO/c17-15-10-3-1-2-8-13(15)14-9-4-6-12-7-5-11-18-16(12)14/h4,6,9,13,15H,1-3,5,7-8,10-11H2. The summed E-state index contributed by atoms with van der Waals surface area (Å²) in [6, 6.07) is 6.62.